The van der Waals surface area contributed by atoms with Crippen LogP contribution in [-0.2, 0) is 16.8 Å². The third kappa shape index (κ3) is 4.07. The van der Waals surface area contributed by atoms with Crippen molar-refractivity contribution in [1.29, 1.82) is 0 Å². The minimum atomic E-state index is -0.836. The van der Waals surface area contributed by atoms with E-state index in [1.165, 1.54) is 11.8 Å². The van der Waals surface area contributed by atoms with Gasteiger partial charge in [0.25, 0.3) is 0 Å². The maximum absolute atomic E-state index is 10.8. The lowest BCUT2D eigenvalue weighted by atomic mass is 9.93. The second-order valence-corrected chi connectivity index (χ2v) is 7.71. The minimum absolute atomic E-state index is 0.0114. The van der Waals surface area contributed by atoms with E-state index in [9.17, 15) is 4.79 Å². The maximum atomic E-state index is 10.8. The molecule has 2 aromatic rings. The summed E-state index contributed by atoms with van der Waals surface area (Å²) in [5, 5.41) is 12.6. The maximum Gasteiger partial charge on any atom is 0.313 e. The molecule has 0 aromatic carbocycles. The van der Waals surface area contributed by atoms with E-state index < -0.39 is 5.97 Å². The van der Waals surface area contributed by atoms with Gasteiger partial charge in [-0.05, 0) is 6.92 Å². The lowest BCUT2D eigenvalue weighted by Crippen LogP contribution is -2.18. The number of hydrogen-bond donors (Lipinski definition) is 1. The fraction of sp³-hybridized carbons (Fsp3) is 0.500. The predicted octanol–water partition coefficient (Wildman–Crippen LogP) is 3.17. The summed E-state index contributed by atoms with van der Waals surface area (Å²) in [4.78, 5) is 19.7. The monoisotopic (exact) mass is 325 g/mol. The van der Waals surface area contributed by atoms with Gasteiger partial charge in [-0.3, -0.25) is 4.79 Å². The van der Waals surface area contributed by atoms with Gasteiger partial charge in [0.15, 0.2) is 5.16 Å². The lowest BCUT2D eigenvalue weighted by molar-refractivity contribution is -0.133. The van der Waals surface area contributed by atoms with E-state index in [-0.39, 0.29) is 11.2 Å². The largest absolute Gasteiger partial charge is 0.481 e. The van der Waals surface area contributed by atoms with Gasteiger partial charge in [0.1, 0.15) is 5.01 Å². The fourth-order valence-corrected chi connectivity index (χ4v) is 3.42. The Morgan fingerprint density at radius 3 is 2.71 bits per heavy atom. The highest BCUT2D eigenvalue weighted by Crippen LogP contribution is 2.28. The van der Waals surface area contributed by atoms with Crippen LogP contribution in [0.25, 0.3) is 0 Å². The Kier molecular flexibility index (Phi) is 4.73. The molecule has 21 heavy (non-hydrogen) atoms. The molecule has 0 saturated carbocycles. The number of carboxylic acid groups (broad SMARTS) is 1. The highest BCUT2D eigenvalue weighted by molar-refractivity contribution is 7.99. The first-order valence-electron chi connectivity index (χ1n) is 6.59. The van der Waals surface area contributed by atoms with Gasteiger partial charge in [0.05, 0.1) is 12.3 Å². The number of aromatic nitrogens is 3. The first-order valence-corrected chi connectivity index (χ1v) is 8.45. The molecule has 0 saturated heterocycles. The van der Waals surface area contributed by atoms with Crippen LogP contribution in [0.4, 0.5) is 0 Å². The van der Waals surface area contributed by atoms with Gasteiger partial charge in [-0.15, -0.1) is 11.3 Å². The van der Waals surface area contributed by atoms with Gasteiger partial charge in [-0.2, -0.15) is 0 Å². The quantitative estimate of drug-likeness (QED) is 0.855. The molecule has 1 N–H and O–H groups in total. The molecule has 0 aliphatic carbocycles. The molecule has 0 unspecified atom stereocenters. The third-order valence-electron chi connectivity index (χ3n) is 2.87. The lowest BCUT2D eigenvalue weighted by Gasteiger charge is -2.21. The van der Waals surface area contributed by atoms with Crippen LogP contribution in [-0.4, -0.2) is 31.4 Å². The minimum Gasteiger partial charge on any atom is -0.481 e. The molecular weight excluding hydrogens is 306 g/mol. The summed E-state index contributed by atoms with van der Waals surface area (Å²) in [7, 11) is 0. The van der Waals surface area contributed by atoms with Gasteiger partial charge in [0, 0.05) is 28.4 Å². The standard InChI is InChI=1S/C14H19N3O2S2/c1-9-7-20-11(16-9)6-17-10(14(2,3)4)5-15-13(17)21-8-12(18)19/h5,7H,6,8H2,1-4H3,(H,18,19). The Labute approximate surface area is 132 Å². The Morgan fingerprint density at radius 2 is 2.19 bits per heavy atom. The van der Waals surface area contributed by atoms with Crippen molar-refractivity contribution in [2.75, 3.05) is 5.75 Å². The van der Waals surface area contributed by atoms with Crippen LogP contribution in [0.2, 0.25) is 0 Å². The van der Waals surface area contributed by atoms with Crippen molar-refractivity contribution >= 4 is 29.1 Å². The molecule has 0 aliphatic heterocycles. The number of hydrogen-bond acceptors (Lipinski definition) is 5. The number of carbonyl (C=O) groups is 1. The van der Waals surface area contributed by atoms with E-state index in [1.54, 1.807) is 11.3 Å². The summed E-state index contributed by atoms with van der Waals surface area (Å²) >= 11 is 2.86. The zero-order valence-corrected chi connectivity index (χ0v) is 14.2. The molecule has 114 valence electrons. The van der Waals surface area contributed by atoms with E-state index in [1.807, 2.05) is 18.5 Å². The van der Waals surface area contributed by atoms with Gasteiger partial charge < -0.3 is 9.67 Å². The summed E-state index contributed by atoms with van der Waals surface area (Å²) in [5.41, 5.74) is 2.04. The molecular formula is C14H19N3O2S2. The number of imidazole rings is 1. The first kappa shape index (κ1) is 16.0. The van der Waals surface area contributed by atoms with Gasteiger partial charge in [-0.1, -0.05) is 32.5 Å². The Hall–Kier alpha value is -1.34. The molecule has 0 atom stereocenters. The van der Waals surface area contributed by atoms with E-state index in [0.717, 1.165) is 21.6 Å². The Morgan fingerprint density at radius 1 is 1.48 bits per heavy atom. The highest BCUT2D eigenvalue weighted by atomic mass is 32.2. The molecule has 2 aromatic heterocycles. The van der Waals surface area contributed by atoms with Gasteiger partial charge in [0.2, 0.25) is 0 Å². The van der Waals surface area contributed by atoms with Crippen molar-refractivity contribution in [3.05, 3.63) is 28.0 Å². The molecule has 0 spiro atoms. The number of rotatable bonds is 5. The molecule has 2 heterocycles. The van der Waals surface area contributed by atoms with E-state index >= 15 is 0 Å². The van der Waals surface area contributed by atoms with Gasteiger partial charge >= 0.3 is 5.97 Å². The molecule has 0 radical (unpaired) electrons. The van der Waals surface area contributed by atoms with E-state index in [2.05, 4.69) is 35.3 Å². The SMILES string of the molecule is Cc1csc(Cn2c(C(C)(C)C)cnc2SCC(=O)O)n1. The van der Waals surface area contributed by atoms with E-state index in [4.69, 9.17) is 5.11 Å². The van der Waals surface area contributed by atoms with Crippen molar-refractivity contribution < 1.29 is 9.90 Å². The molecule has 0 fully saturated rings. The molecule has 2 rings (SSSR count). The summed E-state index contributed by atoms with van der Waals surface area (Å²) in [6, 6.07) is 0. The zero-order valence-electron chi connectivity index (χ0n) is 12.6. The van der Waals surface area contributed by atoms with Crippen molar-refractivity contribution in [3.8, 4) is 0 Å². The Balaban J connectivity index is 2.33. The molecule has 7 heteroatoms. The predicted molar refractivity (Wildman–Crippen MR) is 85.2 cm³/mol. The Bertz CT molecular complexity index is 641. The van der Waals surface area contributed by atoms with Crippen LogP contribution >= 0.6 is 23.1 Å². The smallest absolute Gasteiger partial charge is 0.313 e. The number of carboxylic acids is 1. The molecule has 0 aliphatic rings. The van der Waals surface area contributed by atoms with Crippen LogP contribution < -0.4 is 0 Å². The second-order valence-electron chi connectivity index (χ2n) is 5.83. The highest BCUT2D eigenvalue weighted by Gasteiger charge is 2.23. The van der Waals surface area contributed by atoms with Crippen LogP contribution in [0, 0.1) is 6.92 Å². The number of thiazole rings is 1. The van der Waals surface area contributed by atoms with Crippen LogP contribution in [0.15, 0.2) is 16.7 Å². The number of aliphatic carboxylic acids is 1. The fourth-order valence-electron chi connectivity index (χ4n) is 1.96. The summed E-state index contributed by atoms with van der Waals surface area (Å²) in [6.45, 7) is 8.98. The zero-order chi connectivity index (χ0) is 15.6. The average Bonchev–Trinajstić information content (AvgIpc) is 2.93. The topological polar surface area (TPSA) is 68.0 Å². The van der Waals surface area contributed by atoms with E-state index in [0.29, 0.717) is 6.54 Å². The molecule has 5 nitrogen and oxygen atoms in total. The number of aryl methyl sites for hydroxylation is 1. The third-order valence-corrected chi connectivity index (χ3v) is 4.80. The van der Waals surface area contributed by atoms with Crippen LogP contribution in [0.3, 0.4) is 0 Å². The van der Waals surface area contributed by atoms with Crippen molar-refractivity contribution in [3.63, 3.8) is 0 Å². The van der Waals surface area contributed by atoms with Crippen molar-refractivity contribution in [2.24, 2.45) is 0 Å². The van der Waals surface area contributed by atoms with Crippen molar-refractivity contribution in [1.82, 2.24) is 14.5 Å². The molecule has 0 bridgehead atoms. The first-order chi connectivity index (χ1) is 9.77. The summed E-state index contributed by atoms with van der Waals surface area (Å²) < 4.78 is 2.08. The number of nitrogens with zero attached hydrogens (tertiary/aromatic N) is 3. The number of thioether (sulfide) groups is 1. The summed E-state index contributed by atoms with van der Waals surface area (Å²) in [5.74, 6) is -0.825. The normalized spacial score (nSPS) is 11.8. The average molecular weight is 325 g/mol. The van der Waals surface area contributed by atoms with Crippen LogP contribution in [0.5, 0.6) is 0 Å². The van der Waals surface area contributed by atoms with Crippen LogP contribution in [0.1, 0.15) is 37.2 Å². The van der Waals surface area contributed by atoms with Gasteiger partial charge in [-0.25, -0.2) is 9.97 Å². The molecule has 0 amide bonds. The summed E-state index contributed by atoms with van der Waals surface area (Å²) in [6.07, 6.45) is 1.84. The van der Waals surface area contributed by atoms with Crippen molar-refractivity contribution in [2.45, 2.75) is 44.8 Å². The second kappa shape index (κ2) is 6.19.